The number of nitrogens with one attached hydrogen (secondary N) is 1. The Hall–Kier alpha value is -2.24. The standard InChI is InChI=1S/C23H29N3O2/c27-22(15-17-13-18-7-1-2-8-19(18)14-17)25-21(16-26-11-5-6-12-26)23(28)20-9-3-4-10-24-20/h1-4,7-10,17,21,23,28H,5-6,11-16H2,(H,25,27)/t21-,23-/m1/s1. The van der Waals surface area contributed by atoms with Crippen LogP contribution in [0.1, 0.15) is 42.2 Å². The molecule has 0 radical (unpaired) electrons. The van der Waals surface area contributed by atoms with Gasteiger partial charge < -0.3 is 15.3 Å². The number of rotatable bonds is 7. The Morgan fingerprint density at radius 3 is 2.43 bits per heavy atom. The summed E-state index contributed by atoms with van der Waals surface area (Å²) < 4.78 is 0. The topological polar surface area (TPSA) is 65.5 Å². The van der Waals surface area contributed by atoms with Crippen LogP contribution in [0.4, 0.5) is 0 Å². The first-order valence-corrected chi connectivity index (χ1v) is 10.4. The number of likely N-dealkylation sites (tertiary alicyclic amines) is 1. The number of amides is 1. The molecule has 2 aromatic rings. The summed E-state index contributed by atoms with van der Waals surface area (Å²) in [6.45, 7) is 2.72. The smallest absolute Gasteiger partial charge is 0.220 e. The van der Waals surface area contributed by atoms with Gasteiger partial charge in [-0.15, -0.1) is 0 Å². The van der Waals surface area contributed by atoms with Crippen molar-refractivity contribution in [2.24, 2.45) is 5.92 Å². The fourth-order valence-corrected chi connectivity index (χ4v) is 4.55. The van der Waals surface area contributed by atoms with Crippen LogP contribution in [0.3, 0.4) is 0 Å². The molecule has 1 saturated heterocycles. The summed E-state index contributed by atoms with van der Waals surface area (Å²) in [5, 5.41) is 14.0. The quantitative estimate of drug-likeness (QED) is 0.776. The summed E-state index contributed by atoms with van der Waals surface area (Å²) in [6, 6.07) is 13.6. The van der Waals surface area contributed by atoms with Crippen molar-refractivity contribution < 1.29 is 9.90 Å². The number of hydrogen-bond acceptors (Lipinski definition) is 4. The van der Waals surface area contributed by atoms with Crippen LogP contribution in [0.15, 0.2) is 48.7 Å². The lowest BCUT2D eigenvalue weighted by Crippen LogP contribution is -2.47. The molecule has 2 atom stereocenters. The lowest BCUT2D eigenvalue weighted by Gasteiger charge is -2.28. The molecule has 1 aromatic carbocycles. The summed E-state index contributed by atoms with van der Waals surface area (Å²) in [5.74, 6) is 0.369. The normalized spacial score (nSPS) is 19.3. The maximum absolute atomic E-state index is 12.8. The van der Waals surface area contributed by atoms with Gasteiger partial charge in [-0.25, -0.2) is 0 Å². The SMILES string of the molecule is O=C(CC1Cc2ccccc2C1)N[C@H](CN1CCCC1)[C@H](O)c1ccccn1. The van der Waals surface area contributed by atoms with Gasteiger partial charge in [-0.05, 0) is 68.0 Å². The minimum Gasteiger partial charge on any atom is -0.385 e. The van der Waals surface area contributed by atoms with Crippen molar-refractivity contribution in [3.8, 4) is 0 Å². The van der Waals surface area contributed by atoms with Gasteiger partial charge in [-0.2, -0.15) is 0 Å². The second kappa shape index (κ2) is 8.84. The van der Waals surface area contributed by atoms with E-state index >= 15 is 0 Å². The molecule has 0 bridgehead atoms. The van der Waals surface area contributed by atoms with Crippen molar-refractivity contribution in [1.82, 2.24) is 15.2 Å². The van der Waals surface area contributed by atoms with Crippen LogP contribution in [-0.4, -0.2) is 46.6 Å². The van der Waals surface area contributed by atoms with Crippen molar-refractivity contribution >= 4 is 5.91 Å². The van der Waals surface area contributed by atoms with Crippen LogP contribution >= 0.6 is 0 Å². The molecule has 5 nitrogen and oxygen atoms in total. The zero-order valence-corrected chi connectivity index (χ0v) is 16.3. The van der Waals surface area contributed by atoms with Crippen LogP contribution in [-0.2, 0) is 17.6 Å². The Morgan fingerprint density at radius 1 is 1.11 bits per heavy atom. The summed E-state index contributed by atoms with van der Waals surface area (Å²) in [5.41, 5.74) is 3.34. The molecular formula is C23H29N3O2. The molecule has 1 aliphatic heterocycles. The highest BCUT2D eigenvalue weighted by Gasteiger charge is 2.29. The van der Waals surface area contributed by atoms with Gasteiger partial charge in [0.05, 0.1) is 11.7 Å². The third kappa shape index (κ3) is 4.59. The van der Waals surface area contributed by atoms with Gasteiger partial charge in [0.2, 0.25) is 5.91 Å². The number of aromatic nitrogens is 1. The van der Waals surface area contributed by atoms with Crippen LogP contribution in [0.25, 0.3) is 0 Å². The van der Waals surface area contributed by atoms with Gasteiger partial charge in [0.1, 0.15) is 6.10 Å². The fourth-order valence-electron chi connectivity index (χ4n) is 4.55. The van der Waals surface area contributed by atoms with Crippen LogP contribution in [0.2, 0.25) is 0 Å². The van der Waals surface area contributed by atoms with E-state index in [9.17, 15) is 9.90 Å². The average molecular weight is 380 g/mol. The van der Waals surface area contributed by atoms with E-state index in [1.54, 1.807) is 6.20 Å². The lowest BCUT2D eigenvalue weighted by molar-refractivity contribution is -0.123. The van der Waals surface area contributed by atoms with Crippen molar-refractivity contribution in [2.75, 3.05) is 19.6 Å². The van der Waals surface area contributed by atoms with Gasteiger partial charge >= 0.3 is 0 Å². The third-order valence-corrected chi connectivity index (χ3v) is 5.98. The molecule has 1 amide bonds. The van der Waals surface area contributed by atoms with E-state index in [1.807, 2.05) is 18.2 Å². The number of carbonyl (C=O) groups excluding carboxylic acids is 1. The maximum atomic E-state index is 12.8. The summed E-state index contributed by atoms with van der Waals surface area (Å²) in [7, 11) is 0. The molecule has 0 unspecified atom stereocenters. The number of carbonyl (C=O) groups is 1. The lowest BCUT2D eigenvalue weighted by atomic mass is 10.0. The number of fused-ring (bicyclic) bond motifs is 1. The molecule has 2 heterocycles. The second-order valence-corrected chi connectivity index (χ2v) is 8.13. The highest BCUT2D eigenvalue weighted by molar-refractivity contribution is 5.76. The molecule has 2 N–H and O–H groups in total. The van der Waals surface area contributed by atoms with Gasteiger partial charge in [-0.1, -0.05) is 30.3 Å². The molecule has 2 aliphatic rings. The van der Waals surface area contributed by atoms with E-state index in [1.165, 1.54) is 24.0 Å². The van der Waals surface area contributed by atoms with E-state index in [4.69, 9.17) is 0 Å². The number of hydrogen-bond donors (Lipinski definition) is 2. The monoisotopic (exact) mass is 379 g/mol. The maximum Gasteiger partial charge on any atom is 0.220 e. The van der Waals surface area contributed by atoms with E-state index in [0.29, 0.717) is 24.6 Å². The highest BCUT2D eigenvalue weighted by atomic mass is 16.3. The number of nitrogens with zero attached hydrogens (tertiary/aromatic N) is 2. The van der Waals surface area contributed by atoms with E-state index in [0.717, 1.165) is 25.9 Å². The first-order valence-electron chi connectivity index (χ1n) is 10.4. The number of benzene rings is 1. The summed E-state index contributed by atoms with van der Waals surface area (Å²) in [6.07, 6.45) is 5.67. The van der Waals surface area contributed by atoms with Crippen molar-refractivity contribution in [3.05, 3.63) is 65.5 Å². The van der Waals surface area contributed by atoms with Crippen LogP contribution in [0, 0.1) is 5.92 Å². The Bertz CT molecular complexity index is 764. The predicted molar refractivity (Wildman–Crippen MR) is 109 cm³/mol. The minimum absolute atomic E-state index is 0.0250. The first kappa shape index (κ1) is 19.1. The molecule has 1 fully saturated rings. The zero-order valence-electron chi connectivity index (χ0n) is 16.3. The Morgan fingerprint density at radius 2 is 1.79 bits per heavy atom. The predicted octanol–water partition coefficient (Wildman–Crippen LogP) is 2.50. The molecule has 148 valence electrons. The number of aliphatic hydroxyl groups is 1. The Kier molecular flexibility index (Phi) is 6.03. The number of pyridine rings is 1. The highest BCUT2D eigenvalue weighted by Crippen LogP contribution is 2.28. The summed E-state index contributed by atoms with van der Waals surface area (Å²) in [4.78, 5) is 19.4. The first-order chi connectivity index (χ1) is 13.7. The fraction of sp³-hybridized carbons (Fsp3) is 0.478. The minimum atomic E-state index is -0.800. The van der Waals surface area contributed by atoms with E-state index < -0.39 is 6.10 Å². The third-order valence-electron chi connectivity index (χ3n) is 5.98. The van der Waals surface area contributed by atoms with Crippen molar-refractivity contribution in [3.63, 3.8) is 0 Å². The Labute approximate surface area is 166 Å². The van der Waals surface area contributed by atoms with Crippen molar-refractivity contribution in [2.45, 2.75) is 44.2 Å². The molecule has 28 heavy (non-hydrogen) atoms. The second-order valence-electron chi connectivity index (χ2n) is 8.13. The Balaban J connectivity index is 1.39. The van der Waals surface area contributed by atoms with E-state index in [2.05, 4.69) is 39.5 Å². The van der Waals surface area contributed by atoms with Gasteiger partial charge in [0.15, 0.2) is 0 Å². The molecule has 1 aromatic heterocycles. The van der Waals surface area contributed by atoms with E-state index in [-0.39, 0.29) is 11.9 Å². The molecule has 4 rings (SSSR count). The molecule has 1 aliphatic carbocycles. The zero-order chi connectivity index (χ0) is 19.3. The van der Waals surface area contributed by atoms with Crippen molar-refractivity contribution in [1.29, 1.82) is 0 Å². The molecule has 5 heteroatoms. The van der Waals surface area contributed by atoms with Gasteiger partial charge in [-0.3, -0.25) is 9.78 Å². The van der Waals surface area contributed by atoms with Crippen LogP contribution < -0.4 is 5.32 Å². The average Bonchev–Trinajstić information content (AvgIpc) is 3.36. The van der Waals surface area contributed by atoms with Crippen LogP contribution in [0.5, 0.6) is 0 Å². The number of aliphatic hydroxyl groups excluding tert-OH is 1. The summed E-state index contributed by atoms with van der Waals surface area (Å²) >= 11 is 0. The van der Waals surface area contributed by atoms with Gasteiger partial charge in [0, 0.05) is 19.2 Å². The molecule has 0 spiro atoms. The van der Waals surface area contributed by atoms with Gasteiger partial charge in [0.25, 0.3) is 0 Å². The largest absolute Gasteiger partial charge is 0.385 e. The molecular weight excluding hydrogens is 350 g/mol. The molecule has 0 saturated carbocycles.